The van der Waals surface area contributed by atoms with Crippen molar-refractivity contribution in [1.82, 2.24) is 15.5 Å². The molecule has 0 bridgehead atoms. The number of carbonyl (C=O) groups is 2. The molecule has 25 heavy (non-hydrogen) atoms. The van der Waals surface area contributed by atoms with Crippen LogP contribution >= 0.6 is 0 Å². The number of carbonyl (C=O) groups excluding carboxylic acids is 2. The first-order valence-electron chi connectivity index (χ1n) is 9.11. The van der Waals surface area contributed by atoms with E-state index < -0.39 is 0 Å². The molecule has 2 saturated heterocycles. The maximum atomic E-state index is 13.7. The first-order chi connectivity index (χ1) is 12.0. The molecule has 0 aromatic heterocycles. The van der Waals surface area contributed by atoms with Crippen molar-refractivity contribution in [3.63, 3.8) is 0 Å². The molecule has 2 unspecified atom stereocenters. The van der Waals surface area contributed by atoms with Gasteiger partial charge in [-0.05, 0) is 62.8 Å². The number of nitrogens with one attached hydrogen (secondary N) is 2. The third-order valence-electron chi connectivity index (χ3n) is 5.17. The van der Waals surface area contributed by atoms with E-state index in [0.717, 1.165) is 32.2 Å². The van der Waals surface area contributed by atoms with Crippen LogP contribution in [0.5, 0.6) is 0 Å². The molecule has 2 heterocycles. The number of benzene rings is 1. The van der Waals surface area contributed by atoms with Crippen LogP contribution in [0.3, 0.4) is 0 Å². The van der Waals surface area contributed by atoms with E-state index in [1.165, 1.54) is 6.07 Å². The second-order valence-corrected chi connectivity index (χ2v) is 7.12. The summed E-state index contributed by atoms with van der Waals surface area (Å²) < 4.78 is 13.7. The number of rotatable bonds is 4. The quantitative estimate of drug-likeness (QED) is 0.874. The monoisotopic (exact) mass is 347 g/mol. The van der Waals surface area contributed by atoms with Gasteiger partial charge in [0, 0.05) is 25.2 Å². The Kier molecular flexibility index (Phi) is 5.68. The molecule has 0 saturated carbocycles. The molecule has 5 nitrogen and oxygen atoms in total. The molecule has 2 N–H and O–H groups in total. The summed E-state index contributed by atoms with van der Waals surface area (Å²) >= 11 is 0. The van der Waals surface area contributed by atoms with Gasteiger partial charge in [-0.1, -0.05) is 6.07 Å². The van der Waals surface area contributed by atoms with Crippen molar-refractivity contribution < 1.29 is 14.0 Å². The minimum atomic E-state index is -0.351. The van der Waals surface area contributed by atoms with Gasteiger partial charge in [0.25, 0.3) is 5.91 Å². The Morgan fingerprint density at radius 2 is 2.16 bits per heavy atom. The van der Waals surface area contributed by atoms with Crippen LogP contribution in [0.15, 0.2) is 18.2 Å². The van der Waals surface area contributed by atoms with E-state index in [1.54, 1.807) is 24.0 Å². The average molecular weight is 347 g/mol. The summed E-state index contributed by atoms with van der Waals surface area (Å²) in [5.41, 5.74) is 0.930. The lowest BCUT2D eigenvalue weighted by molar-refractivity contribution is -0.123. The average Bonchev–Trinajstić information content (AvgIpc) is 3.16. The van der Waals surface area contributed by atoms with E-state index in [-0.39, 0.29) is 29.6 Å². The summed E-state index contributed by atoms with van der Waals surface area (Å²) in [7, 11) is 0. The fourth-order valence-corrected chi connectivity index (χ4v) is 3.60. The highest BCUT2D eigenvalue weighted by atomic mass is 19.1. The minimum absolute atomic E-state index is 0.0570. The van der Waals surface area contributed by atoms with Gasteiger partial charge in [0.05, 0.1) is 6.04 Å². The Hall–Kier alpha value is -1.95. The Labute approximate surface area is 148 Å². The van der Waals surface area contributed by atoms with Crippen molar-refractivity contribution in [2.45, 2.75) is 38.6 Å². The summed E-state index contributed by atoms with van der Waals surface area (Å²) in [4.78, 5) is 26.5. The number of nitrogens with zero attached hydrogens (tertiary/aromatic N) is 1. The lowest BCUT2D eigenvalue weighted by Crippen LogP contribution is -2.46. The highest BCUT2D eigenvalue weighted by Gasteiger charge is 2.27. The van der Waals surface area contributed by atoms with Crippen molar-refractivity contribution in [2.24, 2.45) is 5.92 Å². The first-order valence-corrected chi connectivity index (χ1v) is 9.11. The molecule has 1 aromatic rings. The molecule has 2 amide bonds. The number of likely N-dealkylation sites (tertiary alicyclic amines) is 1. The largest absolute Gasteiger partial charge is 0.354 e. The second-order valence-electron chi connectivity index (χ2n) is 7.12. The zero-order valence-electron chi connectivity index (χ0n) is 14.7. The lowest BCUT2D eigenvalue weighted by atomic mass is 9.97. The molecular formula is C19H26FN3O2. The van der Waals surface area contributed by atoms with Crippen molar-refractivity contribution in [2.75, 3.05) is 26.2 Å². The molecule has 3 rings (SSSR count). The van der Waals surface area contributed by atoms with Crippen LogP contribution in [-0.2, 0) is 4.79 Å². The van der Waals surface area contributed by atoms with Gasteiger partial charge >= 0.3 is 0 Å². The lowest BCUT2D eigenvalue weighted by Gasteiger charge is -2.33. The van der Waals surface area contributed by atoms with Gasteiger partial charge < -0.3 is 15.5 Å². The molecular weight excluding hydrogens is 321 g/mol. The van der Waals surface area contributed by atoms with Crippen LogP contribution in [0.25, 0.3) is 0 Å². The van der Waals surface area contributed by atoms with Crippen LogP contribution in [0, 0.1) is 18.7 Å². The summed E-state index contributed by atoms with van der Waals surface area (Å²) in [6, 6.07) is 4.56. The Morgan fingerprint density at radius 1 is 1.32 bits per heavy atom. The molecule has 1 aromatic carbocycles. The Morgan fingerprint density at radius 3 is 2.88 bits per heavy atom. The van der Waals surface area contributed by atoms with Crippen molar-refractivity contribution in [1.29, 1.82) is 0 Å². The Bertz CT molecular complexity index is 644. The summed E-state index contributed by atoms with van der Waals surface area (Å²) in [6.45, 7) is 4.46. The zero-order chi connectivity index (χ0) is 17.8. The van der Waals surface area contributed by atoms with E-state index in [9.17, 15) is 14.0 Å². The molecule has 136 valence electrons. The van der Waals surface area contributed by atoms with Gasteiger partial charge in [0.2, 0.25) is 5.91 Å². The molecule has 6 heteroatoms. The Balaban J connectivity index is 1.54. The standard InChI is InChI=1S/C19H26FN3O2/c1-13-6-7-15(10-16(13)20)19(25)23-9-3-4-14(12-23)11-22-18(24)17-5-2-8-21-17/h6-7,10,14,17,21H,2-5,8-9,11-12H2,1H3,(H,22,24). The molecule has 0 aliphatic carbocycles. The molecule has 2 aliphatic rings. The maximum absolute atomic E-state index is 13.7. The van der Waals surface area contributed by atoms with Gasteiger partial charge in [-0.25, -0.2) is 4.39 Å². The SMILES string of the molecule is Cc1ccc(C(=O)N2CCCC(CNC(=O)C3CCCN3)C2)cc1F. The minimum Gasteiger partial charge on any atom is -0.354 e. The van der Waals surface area contributed by atoms with E-state index >= 15 is 0 Å². The second kappa shape index (κ2) is 7.95. The van der Waals surface area contributed by atoms with E-state index in [2.05, 4.69) is 10.6 Å². The zero-order valence-corrected chi connectivity index (χ0v) is 14.7. The van der Waals surface area contributed by atoms with Gasteiger partial charge in [-0.2, -0.15) is 0 Å². The van der Waals surface area contributed by atoms with Gasteiger partial charge in [-0.3, -0.25) is 9.59 Å². The molecule has 2 fully saturated rings. The van der Waals surface area contributed by atoms with Crippen LogP contribution in [0.2, 0.25) is 0 Å². The van der Waals surface area contributed by atoms with Gasteiger partial charge in [0.1, 0.15) is 5.82 Å². The summed E-state index contributed by atoms with van der Waals surface area (Å²) in [6.07, 6.45) is 3.82. The maximum Gasteiger partial charge on any atom is 0.253 e. The first kappa shape index (κ1) is 17.9. The fourth-order valence-electron chi connectivity index (χ4n) is 3.60. The normalized spacial score (nSPS) is 23.5. The number of amides is 2. The molecule has 2 atom stereocenters. The number of hydrogen-bond donors (Lipinski definition) is 2. The number of hydrogen-bond acceptors (Lipinski definition) is 3. The molecule has 2 aliphatic heterocycles. The predicted molar refractivity (Wildman–Crippen MR) is 93.8 cm³/mol. The van der Waals surface area contributed by atoms with Crippen molar-refractivity contribution in [3.8, 4) is 0 Å². The number of aryl methyl sites for hydroxylation is 1. The smallest absolute Gasteiger partial charge is 0.253 e. The van der Waals surface area contributed by atoms with Crippen LogP contribution in [0.4, 0.5) is 4.39 Å². The summed E-state index contributed by atoms with van der Waals surface area (Å²) in [5.74, 6) is -0.178. The van der Waals surface area contributed by atoms with E-state index in [0.29, 0.717) is 30.8 Å². The molecule has 0 radical (unpaired) electrons. The molecule has 0 spiro atoms. The third kappa shape index (κ3) is 4.37. The number of piperidine rings is 1. The third-order valence-corrected chi connectivity index (χ3v) is 5.17. The van der Waals surface area contributed by atoms with Crippen molar-refractivity contribution in [3.05, 3.63) is 35.1 Å². The van der Waals surface area contributed by atoms with E-state index in [4.69, 9.17) is 0 Å². The van der Waals surface area contributed by atoms with Crippen molar-refractivity contribution >= 4 is 11.8 Å². The van der Waals surface area contributed by atoms with Gasteiger partial charge in [-0.15, -0.1) is 0 Å². The summed E-state index contributed by atoms with van der Waals surface area (Å²) in [5, 5.41) is 6.20. The highest BCUT2D eigenvalue weighted by molar-refractivity contribution is 5.94. The van der Waals surface area contributed by atoms with Gasteiger partial charge in [0.15, 0.2) is 0 Å². The van der Waals surface area contributed by atoms with Crippen LogP contribution in [-0.4, -0.2) is 48.9 Å². The highest BCUT2D eigenvalue weighted by Crippen LogP contribution is 2.19. The fraction of sp³-hybridized carbons (Fsp3) is 0.579. The topological polar surface area (TPSA) is 61.4 Å². The predicted octanol–water partition coefficient (Wildman–Crippen LogP) is 1.85. The van der Waals surface area contributed by atoms with Crippen LogP contribution in [0.1, 0.15) is 41.6 Å². The van der Waals surface area contributed by atoms with E-state index in [1.807, 2.05) is 0 Å². The van der Waals surface area contributed by atoms with Crippen LogP contribution < -0.4 is 10.6 Å². The number of halogens is 1.